The average molecular weight is 146 g/mol. The molecule has 0 spiro atoms. The lowest BCUT2D eigenvalue weighted by molar-refractivity contribution is 0.675. The maximum atomic E-state index is 5.73. The van der Waals surface area contributed by atoms with E-state index in [-0.39, 0.29) is 5.50 Å². The molecule has 1 atom stereocenters. The third-order valence-electron chi connectivity index (χ3n) is 1.04. The Kier molecular flexibility index (Phi) is 2.08. The van der Waals surface area contributed by atoms with E-state index >= 15 is 0 Å². The summed E-state index contributed by atoms with van der Waals surface area (Å²) in [5.41, 5.74) is 5.12. The van der Waals surface area contributed by atoms with Gasteiger partial charge in [-0.2, -0.15) is 0 Å². The number of nitrogens with two attached hydrogens (primary N) is 1. The first kappa shape index (κ1) is 6.58. The summed E-state index contributed by atoms with van der Waals surface area (Å²) in [5, 5.41) is 0. The molecule has 1 heterocycles. The summed E-state index contributed by atoms with van der Waals surface area (Å²) < 4.78 is 1.75. The van der Waals surface area contributed by atoms with Crippen molar-refractivity contribution >= 4 is 11.6 Å². The highest BCUT2D eigenvalue weighted by molar-refractivity contribution is 6.19. The van der Waals surface area contributed by atoms with Gasteiger partial charge in [0.05, 0.1) is 6.33 Å². The normalized spacial score (nSPS) is 13.6. The van der Waals surface area contributed by atoms with E-state index in [4.69, 9.17) is 17.3 Å². The van der Waals surface area contributed by atoms with Crippen molar-refractivity contribution in [3.8, 4) is 0 Å². The fourth-order valence-electron chi connectivity index (χ4n) is 0.557. The van der Waals surface area contributed by atoms with Gasteiger partial charge in [0, 0.05) is 18.9 Å². The first-order valence-corrected chi connectivity index (χ1v) is 3.10. The molecule has 0 aliphatic rings. The number of hydrogen-bond acceptors (Lipinski definition) is 2. The Labute approximate surface area is 58.4 Å². The van der Waals surface area contributed by atoms with Crippen molar-refractivity contribution in [3.05, 3.63) is 18.7 Å². The predicted octanol–water partition coefficient (Wildman–Crippen LogP) is 0.579. The van der Waals surface area contributed by atoms with Crippen LogP contribution in [0.1, 0.15) is 5.50 Å². The fourth-order valence-corrected chi connectivity index (χ4v) is 0.672. The minimum Gasteiger partial charge on any atom is -0.327 e. The molecule has 1 aromatic heterocycles. The quantitative estimate of drug-likeness (QED) is 0.619. The number of hydrogen-bond donors (Lipinski definition) is 1. The van der Waals surface area contributed by atoms with Crippen LogP contribution in [-0.2, 0) is 0 Å². The number of aromatic nitrogens is 2. The smallest absolute Gasteiger partial charge is 0.121 e. The minimum atomic E-state index is -0.160. The average Bonchev–Trinajstić information content (AvgIpc) is 2.37. The third kappa shape index (κ3) is 1.43. The Morgan fingerprint density at radius 1 is 1.78 bits per heavy atom. The number of imidazole rings is 1. The van der Waals surface area contributed by atoms with Crippen molar-refractivity contribution in [1.29, 1.82) is 0 Å². The molecular formula is C5H8ClN3. The van der Waals surface area contributed by atoms with Gasteiger partial charge in [0.25, 0.3) is 0 Å². The van der Waals surface area contributed by atoms with E-state index in [0.29, 0.717) is 6.54 Å². The molecule has 0 bridgehead atoms. The SMILES string of the molecule is NCC(Cl)n1ccnc1. The lowest BCUT2D eigenvalue weighted by Gasteiger charge is -2.05. The van der Waals surface area contributed by atoms with E-state index in [0.717, 1.165) is 0 Å². The topological polar surface area (TPSA) is 43.8 Å². The Morgan fingerprint density at radius 3 is 3.00 bits per heavy atom. The van der Waals surface area contributed by atoms with Gasteiger partial charge in [-0.1, -0.05) is 11.6 Å². The van der Waals surface area contributed by atoms with Crippen LogP contribution in [0.25, 0.3) is 0 Å². The van der Waals surface area contributed by atoms with Crippen molar-refractivity contribution < 1.29 is 0 Å². The third-order valence-corrected chi connectivity index (χ3v) is 1.45. The molecule has 0 amide bonds. The van der Waals surface area contributed by atoms with Crippen molar-refractivity contribution in [2.24, 2.45) is 5.73 Å². The van der Waals surface area contributed by atoms with E-state index in [1.807, 2.05) is 0 Å². The highest BCUT2D eigenvalue weighted by Crippen LogP contribution is 2.07. The Hall–Kier alpha value is -0.540. The molecule has 1 aromatic rings. The Balaban J connectivity index is 2.65. The molecule has 0 aliphatic carbocycles. The van der Waals surface area contributed by atoms with Crippen molar-refractivity contribution in [1.82, 2.24) is 9.55 Å². The summed E-state index contributed by atoms with van der Waals surface area (Å²) in [7, 11) is 0. The number of nitrogens with zero attached hydrogens (tertiary/aromatic N) is 2. The van der Waals surface area contributed by atoms with Gasteiger partial charge in [-0.3, -0.25) is 0 Å². The number of halogens is 1. The molecule has 4 heteroatoms. The molecule has 1 unspecified atom stereocenters. The monoisotopic (exact) mass is 145 g/mol. The van der Waals surface area contributed by atoms with E-state index in [9.17, 15) is 0 Å². The second kappa shape index (κ2) is 2.85. The van der Waals surface area contributed by atoms with E-state index in [2.05, 4.69) is 4.98 Å². The Bertz CT molecular complexity index is 161. The number of alkyl halides is 1. The summed E-state index contributed by atoms with van der Waals surface area (Å²) in [5.74, 6) is 0. The van der Waals surface area contributed by atoms with Crippen LogP contribution in [0, 0.1) is 0 Å². The molecule has 0 radical (unpaired) electrons. The summed E-state index contributed by atoms with van der Waals surface area (Å²) in [6, 6.07) is 0. The molecule has 0 aliphatic heterocycles. The highest BCUT2D eigenvalue weighted by Gasteiger charge is 1.99. The van der Waals surface area contributed by atoms with Gasteiger partial charge in [-0.05, 0) is 0 Å². The second-order valence-corrected chi connectivity index (χ2v) is 2.18. The van der Waals surface area contributed by atoms with Crippen molar-refractivity contribution in [3.63, 3.8) is 0 Å². The second-order valence-electron chi connectivity index (χ2n) is 1.68. The maximum Gasteiger partial charge on any atom is 0.121 e. The molecule has 0 fully saturated rings. The zero-order chi connectivity index (χ0) is 6.69. The van der Waals surface area contributed by atoms with Crippen LogP contribution < -0.4 is 5.73 Å². The van der Waals surface area contributed by atoms with Crippen LogP contribution in [0.4, 0.5) is 0 Å². The van der Waals surface area contributed by atoms with Crippen LogP contribution in [0.2, 0.25) is 0 Å². The first-order valence-electron chi connectivity index (χ1n) is 2.66. The minimum absolute atomic E-state index is 0.160. The predicted molar refractivity (Wildman–Crippen MR) is 36.2 cm³/mol. The Morgan fingerprint density at radius 2 is 2.56 bits per heavy atom. The highest BCUT2D eigenvalue weighted by atomic mass is 35.5. The van der Waals surface area contributed by atoms with Gasteiger partial charge in [0.1, 0.15) is 5.50 Å². The molecule has 1 rings (SSSR count). The van der Waals surface area contributed by atoms with E-state index in [1.165, 1.54) is 0 Å². The summed E-state index contributed by atoms with van der Waals surface area (Å²) in [4.78, 5) is 3.81. The van der Waals surface area contributed by atoms with Gasteiger partial charge in [0.2, 0.25) is 0 Å². The fraction of sp³-hybridized carbons (Fsp3) is 0.400. The van der Waals surface area contributed by atoms with Crippen molar-refractivity contribution in [2.45, 2.75) is 5.50 Å². The largest absolute Gasteiger partial charge is 0.327 e. The summed E-state index contributed by atoms with van der Waals surface area (Å²) >= 11 is 5.73. The first-order chi connectivity index (χ1) is 4.34. The van der Waals surface area contributed by atoms with Crippen LogP contribution in [0.15, 0.2) is 18.7 Å². The van der Waals surface area contributed by atoms with E-state index < -0.39 is 0 Å². The van der Waals surface area contributed by atoms with Gasteiger partial charge in [0.15, 0.2) is 0 Å². The molecular weight excluding hydrogens is 138 g/mol. The lowest BCUT2D eigenvalue weighted by Crippen LogP contribution is -2.12. The lowest BCUT2D eigenvalue weighted by atomic mass is 10.6. The van der Waals surface area contributed by atoms with E-state index in [1.54, 1.807) is 23.3 Å². The van der Waals surface area contributed by atoms with Crippen molar-refractivity contribution in [2.75, 3.05) is 6.54 Å². The van der Waals surface area contributed by atoms with Crippen LogP contribution >= 0.6 is 11.6 Å². The maximum absolute atomic E-state index is 5.73. The molecule has 0 aromatic carbocycles. The van der Waals surface area contributed by atoms with Crippen LogP contribution in [0.3, 0.4) is 0 Å². The molecule has 9 heavy (non-hydrogen) atoms. The molecule has 0 saturated carbocycles. The summed E-state index contributed by atoms with van der Waals surface area (Å²) in [6.45, 7) is 0.428. The number of rotatable bonds is 2. The van der Waals surface area contributed by atoms with Gasteiger partial charge in [-0.25, -0.2) is 4.98 Å². The zero-order valence-corrected chi connectivity index (χ0v) is 5.62. The van der Waals surface area contributed by atoms with Crippen LogP contribution in [0.5, 0.6) is 0 Å². The van der Waals surface area contributed by atoms with Gasteiger partial charge < -0.3 is 10.3 Å². The van der Waals surface area contributed by atoms with Gasteiger partial charge >= 0.3 is 0 Å². The zero-order valence-electron chi connectivity index (χ0n) is 4.87. The summed E-state index contributed by atoms with van der Waals surface area (Å²) in [6.07, 6.45) is 5.10. The molecule has 3 nitrogen and oxygen atoms in total. The standard InChI is InChI=1S/C5H8ClN3/c6-5(3-7)9-2-1-8-4-9/h1-2,4-5H,3,7H2. The molecule has 0 saturated heterocycles. The van der Waals surface area contributed by atoms with Gasteiger partial charge in [-0.15, -0.1) is 0 Å². The molecule has 2 N–H and O–H groups in total. The van der Waals surface area contributed by atoms with Crippen LogP contribution in [-0.4, -0.2) is 16.1 Å². The molecule has 50 valence electrons.